The maximum absolute atomic E-state index is 12.2. The van der Waals surface area contributed by atoms with Gasteiger partial charge in [0.2, 0.25) is 0 Å². The molecule has 1 aliphatic heterocycles. The molecule has 3 rings (SSSR count). The van der Waals surface area contributed by atoms with Gasteiger partial charge in [0.15, 0.2) is 5.82 Å². The topological polar surface area (TPSA) is 108 Å². The largest absolute Gasteiger partial charge is 0.387 e. The number of nitrogens with one attached hydrogen (secondary N) is 1. The van der Waals surface area contributed by atoms with E-state index in [4.69, 9.17) is 9.63 Å². The Hall–Kier alpha value is -2.52. The number of carbonyl (C=O) groups is 1. The monoisotopic (exact) mass is 360 g/mol. The summed E-state index contributed by atoms with van der Waals surface area (Å²) >= 11 is 0. The Morgan fingerprint density at radius 2 is 2.15 bits per heavy atom. The minimum Gasteiger partial charge on any atom is -0.387 e. The van der Waals surface area contributed by atoms with E-state index in [0.717, 1.165) is 25.3 Å². The highest BCUT2D eigenvalue weighted by Gasteiger charge is 2.21. The number of hydrogen-bond donors (Lipinski definition) is 2. The first kappa shape index (κ1) is 18.3. The van der Waals surface area contributed by atoms with Crippen LogP contribution in [-0.2, 0) is 19.6 Å². The molecule has 2 aromatic heterocycles. The van der Waals surface area contributed by atoms with Crippen LogP contribution in [0.1, 0.15) is 23.0 Å². The van der Waals surface area contributed by atoms with Crippen LogP contribution in [-0.4, -0.2) is 68.8 Å². The third kappa shape index (κ3) is 4.77. The van der Waals surface area contributed by atoms with Crippen LogP contribution in [0.25, 0.3) is 0 Å². The van der Waals surface area contributed by atoms with Crippen molar-refractivity contribution >= 4 is 6.03 Å². The summed E-state index contributed by atoms with van der Waals surface area (Å²) in [6, 6.07) is 3.93. The van der Waals surface area contributed by atoms with Crippen LogP contribution >= 0.6 is 0 Å². The van der Waals surface area contributed by atoms with Crippen LogP contribution in [0.2, 0.25) is 0 Å². The van der Waals surface area contributed by atoms with Crippen molar-refractivity contribution in [2.75, 3.05) is 32.7 Å². The lowest BCUT2D eigenvalue weighted by atomic mass is 10.2. The summed E-state index contributed by atoms with van der Waals surface area (Å²) in [6.45, 7) is 6.07. The van der Waals surface area contributed by atoms with Crippen molar-refractivity contribution in [1.82, 2.24) is 30.2 Å². The van der Waals surface area contributed by atoms with Crippen molar-refractivity contribution in [2.45, 2.75) is 26.5 Å². The lowest BCUT2D eigenvalue weighted by Gasteiger charge is -2.34. The molecule has 0 saturated carbocycles. The zero-order valence-corrected chi connectivity index (χ0v) is 14.9. The van der Waals surface area contributed by atoms with Crippen molar-refractivity contribution in [2.24, 2.45) is 0 Å². The molecule has 26 heavy (non-hydrogen) atoms. The summed E-state index contributed by atoms with van der Waals surface area (Å²) in [5.41, 5.74) is 2.28. The average Bonchev–Trinajstić information content (AvgIpc) is 3.12. The van der Waals surface area contributed by atoms with Crippen molar-refractivity contribution in [3.05, 3.63) is 41.3 Å². The molecule has 9 heteroatoms. The zero-order valence-electron chi connectivity index (χ0n) is 14.9. The Morgan fingerprint density at radius 1 is 1.35 bits per heavy atom. The number of amides is 2. The van der Waals surface area contributed by atoms with E-state index < -0.39 is 0 Å². The van der Waals surface area contributed by atoms with Crippen LogP contribution in [0.4, 0.5) is 4.79 Å². The van der Waals surface area contributed by atoms with E-state index in [2.05, 4.69) is 38.3 Å². The van der Waals surface area contributed by atoms with Crippen LogP contribution in [0.5, 0.6) is 0 Å². The molecule has 1 fully saturated rings. The van der Waals surface area contributed by atoms with Gasteiger partial charge in [-0.1, -0.05) is 11.2 Å². The van der Waals surface area contributed by atoms with E-state index in [9.17, 15) is 4.79 Å². The molecule has 0 aliphatic carbocycles. The number of aryl methyl sites for hydroxylation is 1. The van der Waals surface area contributed by atoms with E-state index in [1.54, 1.807) is 0 Å². The smallest absolute Gasteiger partial charge is 0.317 e. The summed E-state index contributed by atoms with van der Waals surface area (Å²) < 4.78 is 4.81. The molecule has 0 aromatic carbocycles. The van der Waals surface area contributed by atoms with Gasteiger partial charge in [-0.2, -0.15) is 4.98 Å². The van der Waals surface area contributed by atoms with Crippen molar-refractivity contribution in [3.63, 3.8) is 0 Å². The number of pyridine rings is 1. The van der Waals surface area contributed by atoms with E-state index in [1.165, 1.54) is 5.56 Å². The van der Waals surface area contributed by atoms with Gasteiger partial charge in [0.05, 0.1) is 5.69 Å². The number of nitrogens with zero attached hydrogens (tertiary/aromatic N) is 5. The first-order valence-electron chi connectivity index (χ1n) is 8.73. The van der Waals surface area contributed by atoms with E-state index in [-0.39, 0.29) is 18.5 Å². The molecular weight excluding hydrogens is 336 g/mol. The van der Waals surface area contributed by atoms with Gasteiger partial charge in [0.1, 0.15) is 6.61 Å². The minimum atomic E-state index is -0.276. The summed E-state index contributed by atoms with van der Waals surface area (Å²) in [5.74, 6) is 0.662. The van der Waals surface area contributed by atoms with Gasteiger partial charge in [-0.3, -0.25) is 9.88 Å². The number of piperazine rings is 1. The van der Waals surface area contributed by atoms with E-state index in [0.29, 0.717) is 31.9 Å². The highest BCUT2D eigenvalue weighted by atomic mass is 16.5. The predicted molar refractivity (Wildman–Crippen MR) is 93.1 cm³/mol. The molecule has 3 heterocycles. The van der Waals surface area contributed by atoms with Crippen LogP contribution in [0.3, 0.4) is 0 Å². The lowest BCUT2D eigenvalue weighted by molar-refractivity contribution is 0.134. The highest BCUT2D eigenvalue weighted by molar-refractivity contribution is 5.74. The Morgan fingerprint density at radius 3 is 2.85 bits per heavy atom. The minimum absolute atomic E-state index is 0.0791. The molecule has 0 radical (unpaired) electrons. The summed E-state index contributed by atoms with van der Waals surface area (Å²) in [5, 5.41) is 15.5. The second-order valence-corrected chi connectivity index (χ2v) is 6.27. The van der Waals surface area contributed by atoms with Crippen molar-refractivity contribution < 1.29 is 14.4 Å². The highest BCUT2D eigenvalue weighted by Crippen LogP contribution is 2.10. The van der Waals surface area contributed by atoms with Gasteiger partial charge in [0, 0.05) is 51.9 Å². The summed E-state index contributed by atoms with van der Waals surface area (Å²) in [6.07, 6.45) is 2.29. The fourth-order valence-corrected chi connectivity index (χ4v) is 2.85. The van der Waals surface area contributed by atoms with Gasteiger partial charge in [0.25, 0.3) is 5.89 Å². The molecule has 1 saturated heterocycles. The predicted octanol–water partition coefficient (Wildman–Crippen LogP) is 0.335. The standard InChI is InChI=1S/C17H24N6O3/c1-13-3-2-5-18-14(13)11-22-7-9-23(10-8-22)17(25)19-6-4-15-20-16(12-24)26-21-15/h2-3,5,24H,4,6-12H2,1H3,(H,19,25). The second kappa shape index (κ2) is 8.72. The van der Waals surface area contributed by atoms with Gasteiger partial charge in [-0.05, 0) is 18.6 Å². The third-order valence-electron chi connectivity index (χ3n) is 4.42. The second-order valence-electron chi connectivity index (χ2n) is 6.27. The SMILES string of the molecule is Cc1cccnc1CN1CCN(C(=O)NCCc2noc(CO)n2)CC1. The molecule has 2 amide bonds. The number of aromatic nitrogens is 3. The van der Waals surface area contributed by atoms with Crippen molar-refractivity contribution in [1.29, 1.82) is 0 Å². The van der Waals surface area contributed by atoms with E-state index in [1.807, 2.05) is 17.2 Å². The first-order chi connectivity index (χ1) is 12.7. The molecule has 9 nitrogen and oxygen atoms in total. The zero-order chi connectivity index (χ0) is 18.4. The number of aliphatic hydroxyl groups is 1. The van der Waals surface area contributed by atoms with Gasteiger partial charge in [-0.15, -0.1) is 0 Å². The number of hydrogen-bond acceptors (Lipinski definition) is 7. The number of urea groups is 1. The fraction of sp³-hybridized carbons (Fsp3) is 0.529. The van der Waals surface area contributed by atoms with Gasteiger partial charge in [-0.25, -0.2) is 4.79 Å². The third-order valence-corrected chi connectivity index (χ3v) is 4.42. The molecule has 2 N–H and O–H groups in total. The van der Waals surface area contributed by atoms with E-state index >= 15 is 0 Å². The van der Waals surface area contributed by atoms with Gasteiger partial charge < -0.3 is 19.8 Å². The maximum Gasteiger partial charge on any atom is 0.317 e. The van der Waals surface area contributed by atoms with Gasteiger partial charge >= 0.3 is 6.03 Å². The lowest BCUT2D eigenvalue weighted by Crippen LogP contribution is -2.51. The normalized spacial score (nSPS) is 15.2. The molecule has 0 spiro atoms. The molecular formula is C17H24N6O3. The molecule has 0 atom stereocenters. The summed E-state index contributed by atoms with van der Waals surface area (Å²) in [7, 11) is 0. The Labute approximate surface area is 152 Å². The molecule has 0 bridgehead atoms. The van der Waals surface area contributed by atoms with Crippen LogP contribution < -0.4 is 5.32 Å². The molecule has 1 aliphatic rings. The molecule has 140 valence electrons. The Bertz CT molecular complexity index is 727. The number of rotatable bonds is 6. The maximum atomic E-state index is 12.2. The quantitative estimate of drug-likeness (QED) is 0.764. The summed E-state index contributed by atoms with van der Waals surface area (Å²) in [4.78, 5) is 24.8. The van der Waals surface area contributed by atoms with Crippen LogP contribution in [0.15, 0.2) is 22.9 Å². The van der Waals surface area contributed by atoms with Crippen molar-refractivity contribution in [3.8, 4) is 0 Å². The number of carbonyl (C=O) groups excluding carboxylic acids is 1. The fourth-order valence-electron chi connectivity index (χ4n) is 2.85. The molecule has 0 unspecified atom stereocenters. The average molecular weight is 360 g/mol. The Balaban J connectivity index is 1.38. The first-order valence-corrected chi connectivity index (χ1v) is 8.73. The Kier molecular flexibility index (Phi) is 6.13. The van der Waals surface area contributed by atoms with Crippen LogP contribution in [0, 0.1) is 6.92 Å². The molecule has 2 aromatic rings. The number of aliphatic hydroxyl groups excluding tert-OH is 1.